The minimum Gasteiger partial charge on any atom is -0.497 e. The molecule has 0 unspecified atom stereocenters. The summed E-state index contributed by atoms with van der Waals surface area (Å²) in [5, 5.41) is 6.84. The third-order valence-electron chi connectivity index (χ3n) is 3.74. The summed E-state index contributed by atoms with van der Waals surface area (Å²) in [6.07, 6.45) is -0.210. The zero-order valence-electron chi connectivity index (χ0n) is 13.5. The number of anilines is 1. The third kappa shape index (κ3) is 3.48. The third-order valence-corrected chi connectivity index (χ3v) is 3.74. The second-order valence-electron chi connectivity index (χ2n) is 5.28. The van der Waals surface area contributed by atoms with E-state index in [9.17, 15) is 4.79 Å². The Kier molecular flexibility index (Phi) is 4.65. The Morgan fingerprint density at radius 3 is 2.21 bits per heavy atom. The van der Waals surface area contributed by atoms with Gasteiger partial charge >= 0.3 is 0 Å². The zero-order chi connectivity index (χ0) is 16.9. The van der Waals surface area contributed by atoms with Gasteiger partial charge in [-0.2, -0.15) is 0 Å². The molecular weight excluding hydrogens is 308 g/mol. The largest absolute Gasteiger partial charge is 0.497 e. The number of rotatable bonds is 5. The van der Waals surface area contributed by atoms with E-state index in [0.717, 1.165) is 22.8 Å². The highest BCUT2D eigenvalue weighted by Gasteiger charge is 2.28. The number of methoxy groups -OCH3 is 2. The van der Waals surface area contributed by atoms with E-state index in [1.54, 1.807) is 38.5 Å². The van der Waals surface area contributed by atoms with Crippen molar-refractivity contribution in [2.24, 2.45) is 5.16 Å². The highest BCUT2D eigenvalue weighted by molar-refractivity contribution is 6.06. The molecule has 0 bridgehead atoms. The second kappa shape index (κ2) is 7.04. The van der Waals surface area contributed by atoms with Crippen LogP contribution in [0.25, 0.3) is 0 Å². The molecule has 2 aromatic rings. The van der Waals surface area contributed by atoms with E-state index in [0.29, 0.717) is 12.1 Å². The lowest BCUT2D eigenvalue weighted by Gasteiger charge is -2.10. The van der Waals surface area contributed by atoms with Crippen LogP contribution in [-0.2, 0) is 9.63 Å². The number of benzene rings is 2. The molecule has 6 nitrogen and oxygen atoms in total. The van der Waals surface area contributed by atoms with Crippen LogP contribution < -0.4 is 14.8 Å². The molecule has 6 heteroatoms. The molecule has 3 rings (SSSR count). The van der Waals surface area contributed by atoms with Gasteiger partial charge in [-0.05, 0) is 54.1 Å². The van der Waals surface area contributed by atoms with Crippen molar-refractivity contribution in [3.05, 3.63) is 54.1 Å². The second-order valence-corrected chi connectivity index (χ2v) is 5.28. The highest BCUT2D eigenvalue weighted by atomic mass is 16.6. The van der Waals surface area contributed by atoms with Crippen LogP contribution in [0.1, 0.15) is 12.0 Å². The normalized spacial score (nSPS) is 16.1. The van der Waals surface area contributed by atoms with Gasteiger partial charge in [0, 0.05) is 12.1 Å². The van der Waals surface area contributed by atoms with E-state index in [1.165, 1.54) is 0 Å². The Balaban J connectivity index is 1.59. The summed E-state index contributed by atoms with van der Waals surface area (Å²) in [4.78, 5) is 17.6. The summed E-state index contributed by atoms with van der Waals surface area (Å²) in [5.74, 6) is 1.27. The standard InChI is InChI=1S/C18H18N2O4/c1-22-14-7-3-12(4-8-14)16-11-17(24-20-16)18(21)19-13-5-9-15(23-2)10-6-13/h3-10,17H,11H2,1-2H3,(H,19,21)/t17-/m0/s1. The molecule has 24 heavy (non-hydrogen) atoms. The Bertz CT molecular complexity index is 739. The lowest BCUT2D eigenvalue weighted by atomic mass is 10.0. The van der Waals surface area contributed by atoms with E-state index in [2.05, 4.69) is 10.5 Å². The SMILES string of the molecule is COc1ccc(NC(=O)[C@@H]2CC(c3ccc(OC)cc3)=NO2)cc1. The average molecular weight is 326 g/mol. The van der Waals surface area contributed by atoms with Gasteiger partial charge < -0.3 is 19.6 Å². The molecule has 2 aromatic carbocycles. The molecule has 1 aliphatic heterocycles. The Morgan fingerprint density at radius 1 is 1.04 bits per heavy atom. The topological polar surface area (TPSA) is 69.2 Å². The average Bonchev–Trinajstić information content (AvgIpc) is 3.13. The molecule has 1 aliphatic rings. The van der Waals surface area contributed by atoms with E-state index in [1.807, 2.05) is 24.3 Å². The van der Waals surface area contributed by atoms with Crippen LogP contribution >= 0.6 is 0 Å². The first-order valence-corrected chi connectivity index (χ1v) is 7.51. The molecule has 0 saturated carbocycles. The first kappa shape index (κ1) is 15.9. The maximum absolute atomic E-state index is 12.3. The van der Waals surface area contributed by atoms with Crippen molar-refractivity contribution in [1.29, 1.82) is 0 Å². The predicted octanol–water partition coefficient (Wildman–Crippen LogP) is 2.84. The van der Waals surface area contributed by atoms with E-state index >= 15 is 0 Å². The molecule has 1 N–H and O–H groups in total. The number of hydrogen-bond acceptors (Lipinski definition) is 5. The number of hydrogen-bond donors (Lipinski definition) is 1. The van der Waals surface area contributed by atoms with Crippen LogP contribution in [-0.4, -0.2) is 31.9 Å². The molecule has 0 radical (unpaired) electrons. The quantitative estimate of drug-likeness (QED) is 0.917. The van der Waals surface area contributed by atoms with Crippen molar-refractivity contribution in [2.45, 2.75) is 12.5 Å². The molecule has 124 valence electrons. The van der Waals surface area contributed by atoms with Crippen LogP contribution in [0.15, 0.2) is 53.7 Å². The van der Waals surface area contributed by atoms with Crippen molar-refractivity contribution in [1.82, 2.24) is 0 Å². The van der Waals surface area contributed by atoms with Crippen molar-refractivity contribution in [3.63, 3.8) is 0 Å². The molecule has 0 fully saturated rings. The molecular formula is C18H18N2O4. The first-order chi connectivity index (χ1) is 11.7. The number of carbonyl (C=O) groups excluding carboxylic acids is 1. The number of oxime groups is 1. The van der Waals surface area contributed by atoms with E-state index < -0.39 is 6.10 Å². The monoisotopic (exact) mass is 326 g/mol. The Hall–Kier alpha value is -3.02. The molecule has 1 heterocycles. The summed E-state index contributed by atoms with van der Waals surface area (Å²) in [7, 11) is 3.21. The number of ether oxygens (including phenoxy) is 2. The van der Waals surface area contributed by atoms with Gasteiger partial charge in [-0.1, -0.05) is 5.16 Å². The minimum atomic E-state index is -0.635. The fourth-order valence-corrected chi connectivity index (χ4v) is 2.37. The number of nitrogens with zero attached hydrogens (tertiary/aromatic N) is 1. The molecule has 0 spiro atoms. The van der Waals surface area contributed by atoms with Gasteiger partial charge in [-0.25, -0.2) is 0 Å². The van der Waals surface area contributed by atoms with Gasteiger partial charge in [0.1, 0.15) is 11.5 Å². The van der Waals surface area contributed by atoms with Gasteiger partial charge in [0.05, 0.1) is 19.9 Å². The summed E-state index contributed by atoms with van der Waals surface area (Å²) < 4.78 is 10.2. The van der Waals surface area contributed by atoms with Gasteiger partial charge in [0.15, 0.2) is 0 Å². The fourth-order valence-electron chi connectivity index (χ4n) is 2.37. The van der Waals surface area contributed by atoms with Crippen LogP contribution in [0.3, 0.4) is 0 Å². The van der Waals surface area contributed by atoms with Crippen LogP contribution in [0.5, 0.6) is 11.5 Å². The van der Waals surface area contributed by atoms with Crippen LogP contribution in [0.2, 0.25) is 0 Å². The van der Waals surface area contributed by atoms with Gasteiger partial charge in [0.2, 0.25) is 6.10 Å². The summed E-state index contributed by atoms with van der Waals surface area (Å²) in [6, 6.07) is 14.6. The molecule has 1 amide bonds. The van der Waals surface area contributed by atoms with E-state index in [-0.39, 0.29) is 5.91 Å². The first-order valence-electron chi connectivity index (χ1n) is 7.51. The number of carbonyl (C=O) groups is 1. The Morgan fingerprint density at radius 2 is 1.62 bits per heavy atom. The van der Waals surface area contributed by atoms with Crippen molar-refractivity contribution in [3.8, 4) is 11.5 Å². The van der Waals surface area contributed by atoms with Crippen molar-refractivity contribution < 1.29 is 19.1 Å². The fraction of sp³-hybridized carbons (Fsp3) is 0.222. The summed E-state index contributed by atoms with van der Waals surface area (Å²) in [5.41, 5.74) is 2.34. The maximum atomic E-state index is 12.3. The van der Waals surface area contributed by atoms with Gasteiger partial charge in [-0.15, -0.1) is 0 Å². The summed E-state index contributed by atoms with van der Waals surface area (Å²) >= 11 is 0. The van der Waals surface area contributed by atoms with Crippen LogP contribution in [0, 0.1) is 0 Å². The summed E-state index contributed by atoms with van der Waals surface area (Å²) in [6.45, 7) is 0. The van der Waals surface area contributed by atoms with Crippen LogP contribution in [0.4, 0.5) is 5.69 Å². The molecule has 1 atom stereocenters. The number of amides is 1. The van der Waals surface area contributed by atoms with Gasteiger partial charge in [-0.3, -0.25) is 4.79 Å². The highest BCUT2D eigenvalue weighted by Crippen LogP contribution is 2.21. The lowest BCUT2D eigenvalue weighted by molar-refractivity contribution is -0.125. The minimum absolute atomic E-state index is 0.229. The molecule has 0 aromatic heterocycles. The predicted molar refractivity (Wildman–Crippen MR) is 90.6 cm³/mol. The van der Waals surface area contributed by atoms with Crippen molar-refractivity contribution >= 4 is 17.3 Å². The Labute approximate surface area is 140 Å². The van der Waals surface area contributed by atoms with Gasteiger partial charge in [0.25, 0.3) is 5.91 Å². The smallest absolute Gasteiger partial charge is 0.268 e. The number of nitrogens with one attached hydrogen (secondary N) is 1. The molecule has 0 aliphatic carbocycles. The molecule has 0 saturated heterocycles. The van der Waals surface area contributed by atoms with Crippen molar-refractivity contribution in [2.75, 3.05) is 19.5 Å². The zero-order valence-corrected chi connectivity index (χ0v) is 13.5. The maximum Gasteiger partial charge on any atom is 0.268 e. The lowest BCUT2D eigenvalue weighted by Crippen LogP contribution is -2.28. The van der Waals surface area contributed by atoms with E-state index in [4.69, 9.17) is 14.3 Å².